The summed E-state index contributed by atoms with van der Waals surface area (Å²) >= 11 is 0. The molecule has 0 aliphatic carbocycles. The van der Waals surface area contributed by atoms with Crippen molar-refractivity contribution >= 4 is 17.1 Å². The normalized spacial score (nSPS) is 19.7. The highest BCUT2D eigenvalue weighted by Crippen LogP contribution is 2.33. The molecule has 3 aromatic rings. The first-order chi connectivity index (χ1) is 15.4. The molecule has 10 heteroatoms. The van der Waals surface area contributed by atoms with Crippen LogP contribution in [0.4, 0.5) is 13.2 Å². The SMILES string of the molecule is O=C(c1ccc(OC(F)(F)F)cc1)N1CCC(c2ccnc3nc([C@@H]4CCN4)[nH]c23)CC1. The Bertz CT molecular complexity index is 1120. The average Bonchev–Trinajstić information content (AvgIpc) is 3.15. The van der Waals surface area contributed by atoms with Crippen molar-refractivity contribution in [3.8, 4) is 5.75 Å². The van der Waals surface area contributed by atoms with Gasteiger partial charge in [0.15, 0.2) is 5.65 Å². The molecule has 0 saturated carbocycles. The van der Waals surface area contributed by atoms with Gasteiger partial charge in [0.2, 0.25) is 0 Å². The second-order valence-corrected chi connectivity index (χ2v) is 8.15. The maximum atomic E-state index is 12.8. The number of H-pyrrole nitrogens is 1. The Hall–Kier alpha value is -3.14. The molecule has 0 spiro atoms. The van der Waals surface area contributed by atoms with Crippen LogP contribution in [-0.4, -0.2) is 51.8 Å². The zero-order chi connectivity index (χ0) is 22.3. The van der Waals surface area contributed by atoms with Gasteiger partial charge in [-0.25, -0.2) is 9.97 Å². The third-order valence-corrected chi connectivity index (χ3v) is 6.15. The number of ether oxygens (including phenoxy) is 1. The fourth-order valence-corrected chi connectivity index (χ4v) is 4.35. The number of hydrogen-bond acceptors (Lipinski definition) is 5. The van der Waals surface area contributed by atoms with Gasteiger partial charge in [-0.1, -0.05) is 0 Å². The van der Waals surface area contributed by atoms with Crippen LogP contribution in [0.15, 0.2) is 36.5 Å². The van der Waals surface area contributed by atoms with Crippen LogP contribution in [0.2, 0.25) is 0 Å². The Morgan fingerprint density at radius 2 is 1.81 bits per heavy atom. The molecular weight excluding hydrogens is 423 g/mol. The maximum Gasteiger partial charge on any atom is 0.573 e. The lowest BCUT2D eigenvalue weighted by Crippen LogP contribution is -2.38. The van der Waals surface area contributed by atoms with Crippen LogP contribution in [0.3, 0.4) is 0 Å². The highest BCUT2D eigenvalue weighted by Gasteiger charge is 2.31. The zero-order valence-corrected chi connectivity index (χ0v) is 17.2. The van der Waals surface area contributed by atoms with Crippen molar-refractivity contribution in [2.24, 2.45) is 0 Å². The number of likely N-dealkylation sites (tertiary alicyclic amines) is 1. The Balaban J connectivity index is 1.25. The first-order valence-corrected chi connectivity index (χ1v) is 10.6. The van der Waals surface area contributed by atoms with Crippen molar-refractivity contribution in [2.45, 2.75) is 37.6 Å². The molecule has 2 aliphatic heterocycles. The number of carbonyl (C=O) groups is 1. The smallest absolute Gasteiger partial charge is 0.406 e. The van der Waals surface area contributed by atoms with E-state index in [1.807, 2.05) is 6.07 Å². The molecule has 1 amide bonds. The van der Waals surface area contributed by atoms with E-state index in [-0.39, 0.29) is 23.6 Å². The number of aromatic amines is 1. The number of piperidine rings is 1. The number of carbonyl (C=O) groups excluding carboxylic acids is 1. The molecule has 5 rings (SSSR count). The molecular formula is C22H22F3N5O2. The van der Waals surface area contributed by atoms with Crippen LogP contribution in [-0.2, 0) is 0 Å². The highest BCUT2D eigenvalue weighted by molar-refractivity contribution is 5.94. The van der Waals surface area contributed by atoms with E-state index in [0.717, 1.165) is 54.8 Å². The minimum absolute atomic E-state index is 0.193. The van der Waals surface area contributed by atoms with Gasteiger partial charge >= 0.3 is 6.36 Å². The summed E-state index contributed by atoms with van der Waals surface area (Å²) in [6, 6.07) is 7.32. The number of hydrogen-bond donors (Lipinski definition) is 2. The molecule has 1 atom stereocenters. The molecule has 168 valence electrons. The van der Waals surface area contributed by atoms with E-state index >= 15 is 0 Å². The number of fused-ring (bicyclic) bond motifs is 1. The topological polar surface area (TPSA) is 83.1 Å². The van der Waals surface area contributed by atoms with E-state index in [0.29, 0.717) is 24.3 Å². The Labute approximate surface area is 182 Å². The minimum Gasteiger partial charge on any atom is -0.406 e. The first-order valence-electron chi connectivity index (χ1n) is 10.6. The number of halogens is 3. The number of benzene rings is 1. The Kier molecular flexibility index (Phi) is 5.24. The lowest BCUT2D eigenvalue weighted by atomic mass is 9.89. The number of aromatic nitrogens is 3. The summed E-state index contributed by atoms with van der Waals surface area (Å²) in [6.45, 7) is 2.13. The van der Waals surface area contributed by atoms with Crippen molar-refractivity contribution in [1.82, 2.24) is 25.2 Å². The fraction of sp³-hybridized carbons (Fsp3) is 0.409. The van der Waals surface area contributed by atoms with E-state index in [4.69, 9.17) is 0 Å². The lowest BCUT2D eigenvalue weighted by molar-refractivity contribution is -0.274. The van der Waals surface area contributed by atoms with Gasteiger partial charge in [0, 0.05) is 24.8 Å². The third kappa shape index (κ3) is 4.14. The van der Waals surface area contributed by atoms with E-state index in [2.05, 4.69) is 25.0 Å². The molecule has 2 fully saturated rings. The Morgan fingerprint density at radius 1 is 1.09 bits per heavy atom. The molecule has 1 aromatic carbocycles. The predicted molar refractivity (Wildman–Crippen MR) is 110 cm³/mol. The second-order valence-electron chi connectivity index (χ2n) is 8.15. The van der Waals surface area contributed by atoms with Crippen LogP contribution in [0.1, 0.15) is 53.0 Å². The van der Waals surface area contributed by atoms with E-state index in [9.17, 15) is 18.0 Å². The van der Waals surface area contributed by atoms with Crippen LogP contribution in [0.5, 0.6) is 5.75 Å². The Morgan fingerprint density at radius 3 is 2.44 bits per heavy atom. The number of rotatable bonds is 4. The molecule has 0 unspecified atom stereocenters. The number of nitrogens with one attached hydrogen (secondary N) is 2. The number of nitrogens with zero attached hydrogens (tertiary/aromatic N) is 3. The average molecular weight is 445 g/mol. The number of amides is 1. The largest absolute Gasteiger partial charge is 0.573 e. The lowest BCUT2D eigenvalue weighted by Gasteiger charge is -2.32. The van der Waals surface area contributed by atoms with Crippen LogP contribution in [0.25, 0.3) is 11.2 Å². The van der Waals surface area contributed by atoms with Gasteiger partial charge in [0.1, 0.15) is 11.6 Å². The summed E-state index contributed by atoms with van der Waals surface area (Å²) in [5, 5.41) is 3.34. The third-order valence-electron chi connectivity index (χ3n) is 6.15. The maximum absolute atomic E-state index is 12.8. The van der Waals surface area contributed by atoms with Crippen molar-refractivity contribution in [1.29, 1.82) is 0 Å². The van der Waals surface area contributed by atoms with Gasteiger partial charge < -0.3 is 19.9 Å². The molecule has 2 aromatic heterocycles. The van der Waals surface area contributed by atoms with Gasteiger partial charge in [-0.2, -0.15) is 0 Å². The minimum atomic E-state index is -4.75. The van der Waals surface area contributed by atoms with Gasteiger partial charge in [-0.15, -0.1) is 13.2 Å². The van der Waals surface area contributed by atoms with Crippen LogP contribution in [0, 0.1) is 0 Å². The highest BCUT2D eigenvalue weighted by atomic mass is 19.4. The standard InChI is InChI=1S/C22H22F3N5O2/c23-22(24,25)32-15-3-1-14(2-4-15)21(31)30-11-7-13(8-12-30)16-5-9-27-20-18(16)28-19(29-20)17-6-10-26-17/h1-5,9,13,17,26H,6-8,10-12H2,(H,27,28,29)/t17-/m0/s1. The predicted octanol–water partition coefficient (Wildman–Crippen LogP) is 3.91. The van der Waals surface area contributed by atoms with Gasteiger partial charge in [0.25, 0.3) is 5.91 Å². The molecule has 32 heavy (non-hydrogen) atoms. The van der Waals surface area contributed by atoms with Crippen LogP contribution >= 0.6 is 0 Å². The van der Waals surface area contributed by atoms with Crippen molar-refractivity contribution < 1.29 is 22.7 Å². The summed E-state index contributed by atoms with van der Waals surface area (Å²) < 4.78 is 40.8. The molecule has 2 N–H and O–H groups in total. The first kappa shape index (κ1) is 20.7. The molecule has 0 radical (unpaired) electrons. The monoisotopic (exact) mass is 445 g/mol. The van der Waals surface area contributed by atoms with Gasteiger partial charge in [-0.3, -0.25) is 4.79 Å². The summed E-state index contributed by atoms with van der Waals surface area (Å²) in [4.78, 5) is 27.0. The number of imidazole rings is 1. The summed E-state index contributed by atoms with van der Waals surface area (Å²) in [5.41, 5.74) is 3.18. The second kappa shape index (κ2) is 8.09. The van der Waals surface area contributed by atoms with Crippen molar-refractivity contribution in [3.63, 3.8) is 0 Å². The van der Waals surface area contributed by atoms with Gasteiger partial charge in [-0.05, 0) is 67.6 Å². The van der Waals surface area contributed by atoms with Gasteiger partial charge in [0.05, 0.1) is 11.6 Å². The number of alkyl halides is 3. The quantitative estimate of drug-likeness (QED) is 0.636. The van der Waals surface area contributed by atoms with Crippen molar-refractivity contribution in [3.05, 3.63) is 53.5 Å². The molecule has 2 saturated heterocycles. The zero-order valence-electron chi connectivity index (χ0n) is 17.2. The van der Waals surface area contributed by atoms with E-state index < -0.39 is 6.36 Å². The summed E-state index contributed by atoms with van der Waals surface area (Å²) in [7, 11) is 0. The summed E-state index contributed by atoms with van der Waals surface area (Å²) in [5.74, 6) is 0.652. The van der Waals surface area contributed by atoms with Crippen LogP contribution < -0.4 is 10.1 Å². The number of pyridine rings is 1. The molecule has 2 aliphatic rings. The molecule has 0 bridgehead atoms. The molecule has 7 nitrogen and oxygen atoms in total. The van der Waals surface area contributed by atoms with E-state index in [1.165, 1.54) is 12.1 Å². The fourth-order valence-electron chi connectivity index (χ4n) is 4.35. The molecule has 4 heterocycles. The van der Waals surface area contributed by atoms with Crippen molar-refractivity contribution in [2.75, 3.05) is 19.6 Å². The van der Waals surface area contributed by atoms with E-state index in [1.54, 1.807) is 11.1 Å². The summed E-state index contributed by atoms with van der Waals surface area (Å²) in [6.07, 6.45) is -0.348.